The van der Waals surface area contributed by atoms with E-state index in [1.54, 1.807) is 36.4 Å². The lowest BCUT2D eigenvalue weighted by molar-refractivity contribution is -0.116. The second kappa shape index (κ2) is 9.52. The molecule has 0 aliphatic heterocycles. The molecule has 1 heterocycles. The molecule has 0 radical (unpaired) electrons. The van der Waals surface area contributed by atoms with Gasteiger partial charge in [-0.05, 0) is 55.8 Å². The van der Waals surface area contributed by atoms with Gasteiger partial charge >= 0.3 is 0 Å². The molecule has 0 bridgehead atoms. The molecule has 2 aromatic rings. The average molecular weight is 329 g/mol. The molecule has 2 amide bonds. The fourth-order valence-corrected chi connectivity index (χ4v) is 2.24. The summed E-state index contributed by atoms with van der Waals surface area (Å²) in [6, 6.07) is 10.2. The third-order valence-corrected chi connectivity index (χ3v) is 3.53. The lowest BCUT2D eigenvalue weighted by Crippen LogP contribution is -2.12. The smallest absolute Gasteiger partial charge is 0.291 e. The summed E-state index contributed by atoms with van der Waals surface area (Å²) in [5.41, 5.74) is 6.77. The minimum absolute atomic E-state index is 0.00452. The van der Waals surface area contributed by atoms with Crippen LogP contribution in [0.15, 0.2) is 47.1 Å². The highest BCUT2D eigenvalue weighted by molar-refractivity contribution is 6.02. The van der Waals surface area contributed by atoms with Crippen molar-refractivity contribution in [1.82, 2.24) is 0 Å². The summed E-state index contributed by atoms with van der Waals surface area (Å²) in [6.07, 6.45) is 5.90. The van der Waals surface area contributed by atoms with Crippen LogP contribution >= 0.6 is 0 Å². The summed E-state index contributed by atoms with van der Waals surface area (Å²) in [7, 11) is 0. The van der Waals surface area contributed by atoms with Crippen LogP contribution in [-0.4, -0.2) is 18.4 Å². The topological polar surface area (TPSA) is 97.4 Å². The molecule has 0 unspecified atom stereocenters. The van der Waals surface area contributed by atoms with E-state index in [1.807, 2.05) is 0 Å². The van der Waals surface area contributed by atoms with Gasteiger partial charge in [-0.3, -0.25) is 9.59 Å². The molecule has 2 rings (SSSR count). The van der Waals surface area contributed by atoms with Crippen LogP contribution in [0.1, 0.15) is 42.7 Å². The summed E-state index contributed by atoms with van der Waals surface area (Å²) >= 11 is 0. The van der Waals surface area contributed by atoms with E-state index in [0.29, 0.717) is 24.3 Å². The molecule has 24 heavy (non-hydrogen) atoms. The Morgan fingerprint density at radius 2 is 1.58 bits per heavy atom. The third-order valence-electron chi connectivity index (χ3n) is 3.53. The lowest BCUT2D eigenvalue weighted by atomic mass is 10.1. The average Bonchev–Trinajstić information content (AvgIpc) is 3.11. The van der Waals surface area contributed by atoms with Gasteiger partial charge in [0.25, 0.3) is 5.91 Å². The number of rotatable bonds is 9. The number of carbonyl (C=O) groups excluding carboxylic acids is 2. The maximum Gasteiger partial charge on any atom is 0.291 e. The van der Waals surface area contributed by atoms with Crippen molar-refractivity contribution >= 4 is 23.2 Å². The summed E-state index contributed by atoms with van der Waals surface area (Å²) in [4.78, 5) is 23.7. The van der Waals surface area contributed by atoms with Crippen molar-refractivity contribution in [2.24, 2.45) is 5.73 Å². The Morgan fingerprint density at radius 1 is 0.917 bits per heavy atom. The normalized spacial score (nSPS) is 10.4. The van der Waals surface area contributed by atoms with Crippen LogP contribution in [0.5, 0.6) is 0 Å². The van der Waals surface area contributed by atoms with E-state index < -0.39 is 0 Å². The van der Waals surface area contributed by atoms with E-state index in [4.69, 9.17) is 10.2 Å². The Hall–Kier alpha value is -2.60. The van der Waals surface area contributed by atoms with Gasteiger partial charge in [-0.25, -0.2) is 0 Å². The van der Waals surface area contributed by atoms with Crippen LogP contribution in [0.25, 0.3) is 0 Å². The summed E-state index contributed by atoms with van der Waals surface area (Å²) in [6.45, 7) is 0.703. The maximum atomic E-state index is 11.8. The predicted molar refractivity (Wildman–Crippen MR) is 93.9 cm³/mol. The van der Waals surface area contributed by atoms with Crippen molar-refractivity contribution in [3.05, 3.63) is 48.4 Å². The Bertz CT molecular complexity index is 636. The molecular weight excluding hydrogens is 306 g/mol. The molecule has 128 valence electrons. The first kappa shape index (κ1) is 17.7. The Balaban J connectivity index is 1.75. The van der Waals surface area contributed by atoms with E-state index in [-0.39, 0.29) is 17.6 Å². The number of unbranched alkanes of at least 4 members (excludes halogenated alkanes) is 3. The molecule has 0 aliphatic carbocycles. The summed E-state index contributed by atoms with van der Waals surface area (Å²) in [5, 5.41) is 5.57. The fraction of sp³-hybridized carbons (Fsp3) is 0.333. The van der Waals surface area contributed by atoms with E-state index in [9.17, 15) is 9.59 Å². The highest BCUT2D eigenvalue weighted by Crippen LogP contribution is 2.15. The zero-order chi connectivity index (χ0) is 17.2. The van der Waals surface area contributed by atoms with Crippen molar-refractivity contribution in [1.29, 1.82) is 0 Å². The van der Waals surface area contributed by atoms with Crippen molar-refractivity contribution < 1.29 is 14.0 Å². The van der Waals surface area contributed by atoms with Gasteiger partial charge in [-0.2, -0.15) is 0 Å². The highest BCUT2D eigenvalue weighted by atomic mass is 16.3. The zero-order valence-electron chi connectivity index (χ0n) is 13.6. The molecule has 1 aromatic heterocycles. The standard InChI is InChI=1S/C18H23N3O3/c19-12-4-2-1-3-7-17(22)20-14-8-10-15(11-9-14)21-18(23)16-6-5-13-24-16/h5-6,8-11,13H,1-4,7,12,19H2,(H,20,22)(H,21,23). The number of nitrogens with two attached hydrogens (primary N) is 1. The van der Waals surface area contributed by atoms with Gasteiger partial charge in [-0.15, -0.1) is 0 Å². The molecule has 4 N–H and O–H groups in total. The van der Waals surface area contributed by atoms with Crippen molar-refractivity contribution in [3.63, 3.8) is 0 Å². The molecule has 6 heteroatoms. The van der Waals surface area contributed by atoms with Gasteiger partial charge in [0, 0.05) is 17.8 Å². The van der Waals surface area contributed by atoms with Gasteiger partial charge in [0.05, 0.1) is 6.26 Å². The number of anilines is 2. The van der Waals surface area contributed by atoms with Crippen molar-refractivity contribution in [2.45, 2.75) is 32.1 Å². The van der Waals surface area contributed by atoms with Crippen molar-refractivity contribution in [2.75, 3.05) is 17.2 Å². The molecule has 0 spiro atoms. The first-order chi connectivity index (χ1) is 11.7. The van der Waals surface area contributed by atoms with Gasteiger partial charge < -0.3 is 20.8 Å². The van der Waals surface area contributed by atoms with Gasteiger partial charge in [0.2, 0.25) is 5.91 Å². The van der Waals surface area contributed by atoms with Gasteiger partial charge in [0.15, 0.2) is 5.76 Å². The number of amides is 2. The highest BCUT2D eigenvalue weighted by Gasteiger charge is 2.08. The number of furan rings is 1. The quantitative estimate of drug-likeness (QED) is 0.614. The van der Waals surface area contributed by atoms with Crippen LogP contribution in [-0.2, 0) is 4.79 Å². The van der Waals surface area contributed by atoms with Crippen molar-refractivity contribution in [3.8, 4) is 0 Å². The minimum Gasteiger partial charge on any atom is -0.459 e. The lowest BCUT2D eigenvalue weighted by Gasteiger charge is -2.07. The Kier molecular flexibility index (Phi) is 7.04. The molecular formula is C18H23N3O3. The number of nitrogens with one attached hydrogen (secondary N) is 2. The number of carbonyl (C=O) groups is 2. The molecule has 0 aliphatic rings. The number of hydrogen-bond acceptors (Lipinski definition) is 4. The first-order valence-corrected chi connectivity index (χ1v) is 8.14. The molecule has 6 nitrogen and oxygen atoms in total. The van der Waals surface area contributed by atoms with E-state index in [0.717, 1.165) is 25.7 Å². The molecule has 0 saturated heterocycles. The maximum absolute atomic E-state index is 11.8. The molecule has 1 aromatic carbocycles. The first-order valence-electron chi connectivity index (χ1n) is 8.14. The Morgan fingerprint density at radius 3 is 2.21 bits per heavy atom. The van der Waals surface area contributed by atoms with Crippen LogP contribution in [0, 0.1) is 0 Å². The summed E-state index contributed by atoms with van der Waals surface area (Å²) in [5.74, 6) is -0.0635. The van der Waals surface area contributed by atoms with Crippen LogP contribution < -0.4 is 16.4 Å². The van der Waals surface area contributed by atoms with E-state index in [1.165, 1.54) is 6.26 Å². The molecule has 0 atom stereocenters. The second-order valence-electron chi connectivity index (χ2n) is 5.51. The van der Waals surface area contributed by atoms with Crippen LogP contribution in [0.2, 0.25) is 0 Å². The van der Waals surface area contributed by atoms with E-state index >= 15 is 0 Å². The van der Waals surface area contributed by atoms with Gasteiger partial charge in [-0.1, -0.05) is 12.8 Å². The predicted octanol–water partition coefficient (Wildman–Crippen LogP) is 3.38. The fourth-order valence-electron chi connectivity index (χ4n) is 2.24. The Labute approximate surface area is 141 Å². The largest absolute Gasteiger partial charge is 0.459 e. The number of hydrogen-bond donors (Lipinski definition) is 3. The van der Waals surface area contributed by atoms with Crippen LogP contribution in [0.3, 0.4) is 0 Å². The second-order valence-corrected chi connectivity index (χ2v) is 5.51. The van der Waals surface area contributed by atoms with Gasteiger partial charge in [0.1, 0.15) is 0 Å². The minimum atomic E-state index is -0.311. The number of benzene rings is 1. The van der Waals surface area contributed by atoms with E-state index in [2.05, 4.69) is 10.6 Å². The monoisotopic (exact) mass is 329 g/mol. The molecule has 0 fully saturated rings. The SMILES string of the molecule is NCCCCCCC(=O)Nc1ccc(NC(=O)c2ccco2)cc1. The third kappa shape index (κ3) is 5.89. The molecule has 0 saturated carbocycles. The zero-order valence-corrected chi connectivity index (χ0v) is 13.6. The van der Waals surface area contributed by atoms with Crippen LogP contribution in [0.4, 0.5) is 11.4 Å². The summed E-state index contributed by atoms with van der Waals surface area (Å²) < 4.78 is 5.03.